The van der Waals surface area contributed by atoms with E-state index in [9.17, 15) is 0 Å². The summed E-state index contributed by atoms with van der Waals surface area (Å²) >= 11 is 5.40. The summed E-state index contributed by atoms with van der Waals surface area (Å²) in [6, 6.07) is 2.44. The number of thiophene rings is 1. The normalized spacial score (nSPS) is 12.9. The van der Waals surface area contributed by atoms with Crippen LogP contribution in [-0.4, -0.2) is 16.3 Å². The number of halogens is 1. The summed E-state index contributed by atoms with van der Waals surface area (Å²) in [6.07, 6.45) is 2.97. The van der Waals surface area contributed by atoms with Gasteiger partial charge < -0.3 is 5.32 Å². The summed E-state index contributed by atoms with van der Waals surface area (Å²) in [7, 11) is 1.99. The third-order valence-electron chi connectivity index (χ3n) is 3.18. The molecule has 0 bridgehead atoms. The first-order chi connectivity index (χ1) is 8.63. The first-order valence-electron chi connectivity index (χ1n) is 6.07. The van der Waals surface area contributed by atoms with Crippen molar-refractivity contribution in [1.82, 2.24) is 15.1 Å². The van der Waals surface area contributed by atoms with E-state index in [4.69, 9.17) is 0 Å². The SMILES string of the molecule is CCNC(Cc1sccc1Br)c1cnn(C)c1C. The number of nitrogens with zero attached hydrogens (tertiary/aromatic N) is 2. The van der Waals surface area contributed by atoms with Crippen LogP contribution in [-0.2, 0) is 13.5 Å². The van der Waals surface area contributed by atoms with Gasteiger partial charge in [-0.15, -0.1) is 11.3 Å². The van der Waals surface area contributed by atoms with Gasteiger partial charge in [-0.2, -0.15) is 5.10 Å². The van der Waals surface area contributed by atoms with Gasteiger partial charge in [0.25, 0.3) is 0 Å². The number of hydrogen-bond donors (Lipinski definition) is 1. The van der Waals surface area contributed by atoms with Gasteiger partial charge in [-0.25, -0.2) is 0 Å². The van der Waals surface area contributed by atoms with Gasteiger partial charge in [-0.05, 0) is 40.8 Å². The van der Waals surface area contributed by atoms with Crippen LogP contribution in [0.2, 0.25) is 0 Å². The largest absolute Gasteiger partial charge is 0.310 e. The minimum atomic E-state index is 0.332. The van der Waals surface area contributed by atoms with Crippen molar-refractivity contribution < 1.29 is 0 Å². The standard InChI is InChI=1S/C13H18BrN3S/c1-4-15-12(7-13-11(14)5-6-18-13)10-8-16-17(3)9(10)2/h5-6,8,12,15H,4,7H2,1-3H3. The van der Waals surface area contributed by atoms with E-state index in [1.807, 2.05) is 17.9 Å². The Kier molecular flexibility index (Phi) is 4.59. The Hall–Kier alpha value is -0.650. The van der Waals surface area contributed by atoms with Gasteiger partial charge >= 0.3 is 0 Å². The summed E-state index contributed by atoms with van der Waals surface area (Å²) in [5.74, 6) is 0. The van der Waals surface area contributed by atoms with Gasteiger partial charge in [0, 0.05) is 40.1 Å². The van der Waals surface area contributed by atoms with Crippen molar-refractivity contribution in [1.29, 1.82) is 0 Å². The first kappa shape index (κ1) is 13.8. The molecule has 1 N–H and O–H groups in total. The Morgan fingerprint density at radius 1 is 1.56 bits per heavy atom. The second-order valence-electron chi connectivity index (χ2n) is 4.32. The van der Waals surface area contributed by atoms with E-state index >= 15 is 0 Å². The van der Waals surface area contributed by atoms with Gasteiger partial charge in [-0.3, -0.25) is 4.68 Å². The Bertz CT molecular complexity index is 518. The predicted octanol–water partition coefficient (Wildman–Crippen LogP) is 3.45. The summed E-state index contributed by atoms with van der Waals surface area (Å²) < 4.78 is 3.14. The molecule has 18 heavy (non-hydrogen) atoms. The van der Waals surface area contributed by atoms with Gasteiger partial charge in [0.15, 0.2) is 0 Å². The van der Waals surface area contributed by atoms with E-state index in [2.05, 4.69) is 51.6 Å². The molecule has 3 nitrogen and oxygen atoms in total. The van der Waals surface area contributed by atoms with Crippen molar-refractivity contribution in [3.63, 3.8) is 0 Å². The third-order valence-corrected chi connectivity index (χ3v) is 5.13. The zero-order valence-corrected chi connectivity index (χ0v) is 13.3. The van der Waals surface area contributed by atoms with E-state index in [1.165, 1.54) is 20.6 Å². The average Bonchev–Trinajstić information content (AvgIpc) is 2.88. The summed E-state index contributed by atoms with van der Waals surface area (Å²) in [6.45, 7) is 5.22. The molecule has 0 aromatic carbocycles. The van der Waals surface area contributed by atoms with Crippen molar-refractivity contribution in [3.05, 3.63) is 38.3 Å². The highest BCUT2D eigenvalue weighted by Gasteiger charge is 2.18. The molecule has 2 aromatic rings. The van der Waals surface area contributed by atoms with Crippen LogP contribution in [0.4, 0.5) is 0 Å². The Morgan fingerprint density at radius 2 is 2.33 bits per heavy atom. The highest BCUT2D eigenvalue weighted by molar-refractivity contribution is 9.10. The van der Waals surface area contributed by atoms with Crippen LogP contribution in [0, 0.1) is 6.92 Å². The van der Waals surface area contributed by atoms with Gasteiger partial charge in [0.05, 0.1) is 6.20 Å². The molecule has 0 amide bonds. The quantitative estimate of drug-likeness (QED) is 0.911. The lowest BCUT2D eigenvalue weighted by molar-refractivity contribution is 0.548. The van der Waals surface area contributed by atoms with E-state index in [0.29, 0.717) is 6.04 Å². The smallest absolute Gasteiger partial charge is 0.0540 e. The van der Waals surface area contributed by atoms with Crippen LogP contribution in [0.1, 0.15) is 29.1 Å². The maximum Gasteiger partial charge on any atom is 0.0540 e. The van der Waals surface area contributed by atoms with Crippen molar-refractivity contribution in [2.45, 2.75) is 26.3 Å². The first-order valence-corrected chi connectivity index (χ1v) is 7.74. The fraction of sp³-hybridized carbons (Fsp3) is 0.462. The summed E-state index contributed by atoms with van der Waals surface area (Å²) in [5.41, 5.74) is 2.52. The van der Waals surface area contributed by atoms with E-state index in [1.54, 1.807) is 11.3 Å². The summed E-state index contributed by atoms with van der Waals surface area (Å²) in [5, 5.41) is 10.0. The maximum atomic E-state index is 4.34. The van der Waals surface area contributed by atoms with Gasteiger partial charge in [0.2, 0.25) is 0 Å². The molecule has 1 unspecified atom stereocenters. The minimum absolute atomic E-state index is 0.332. The zero-order chi connectivity index (χ0) is 13.1. The average molecular weight is 328 g/mol. The molecule has 0 aliphatic carbocycles. The fourth-order valence-electron chi connectivity index (χ4n) is 2.05. The molecule has 2 rings (SSSR count). The molecule has 0 fully saturated rings. The van der Waals surface area contributed by atoms with Crippen molar-refractivity contribution in [2.75, 3.05) is 6.54 Å². The Labute approximate surface area is 120 Å². The molecular weight excluding hydrogens is 310 g/mol. The monoisotopic (exact) mass is 327 g/mol. The van der Waals surface area contributed by atoms with Crippen LogP contribution in [0.5, 0.6) is 0 Å². The second-order valence-corrected chi connectivity index (χ2v) is 6.17. The second kappa shape index (κ2) is 5.99. The Morgan fingerprint density at radius 3 is 2.83 bits per heavy atom. The lowest BCUT2D eigenvalue weighted by Crippen LogP contribution is -2.23. The molecule has 0 aliphatic heterocycles. The highest BCUT2D eigenvalue weighted by atomic mass is 79.9. The zero-order valence-electron chi connectivity index (χ0n) is 10.9. The maximum absolute atomic E-state index is 4.34. The van der Waals surface area contributed by atoms with E-state index in [-0.39, 0.29) is 0 Å². The predicted molar refractivity (Wildman–Crippen MR) is 80.1 cm³/mol. The van der Waals surface area contributed by atoms with Crippen LogP contribution in [0.25, 0.3) is 0 Å². The molecular formula is C13H18BrN3S. The van der Waals surface area contributed by atoms with Gasteiger partial charge in [-0.1, -0.05) is 6.92 Å². The van der Waals surface area contributed by atoms with E-state index < -0.39 is 0 Å². The molecule has 2 heterocycles. The molecule has 0 aliphatic rings. The third kappa shape index (κ3) is 2.84. The molecule has 0 radical (unpaired) electrons. The van der Waals surface area contributed by atoms with Crippen molar-refractivity contribution in [3.8, 4) is 0 Å². The number of nitrogens with one attached hydrogen (secondary N) is 1. The highest BCUT2D eigenvalue weighted by Crippen LogP contribution is 2.29. The number of likely N-dealkylation sites (N-methyl/N-ethyl adjacent to an activating group) is 1. The minimum Gasteiger partial charge on any atom is -0.310 e. The van der Waals surface area contributed by atoms with Crippen LogP contribution < -0.4 is 5.32 Å². The van der Waals surface area contributed by atoms with Gasteiger partial charge in [0.1, 0.15) is 0 Å². The lowest BCUT2D eigenvalue weighted by Gasteiger charge is -2.17. The lowest BCUT2D eigenvalue weighted by atomic mass is 10.0. The van der Waals surface area contributed by atoms with E-state index in [0.717, 1.165) is 13.0 Å². The molecule has 2 aromatic heterocycles. The number of aryl methyl sites for hydroxylation is 1. The molecule has 1 atom stereocenters. The van der Waals surface area contributed by atoms with Crippen LogP contribution in [0.3, 0.4) is 0 Å². The van der Waals surface area contributed by atoms with Crippen molar-refractivity contribution >= 4 is 27.3 Å². The Balaban J connectivity index is 2.23. The number of aromatic nitrogens is 2. The van der Waals surface area contributed by atoms with Crippen LogP contribution >= 0.6 is 27.3 Å². The molecule has 0 saturated heterocycles. The number of rotatable bonds is 5. The topological polar surface area (TPSA) is 29.9 Å². The van der Waals surface area contributed by atoms with Crippen molar-refractivity contribution in [2.24, 2.45) is 7.05 Å². The molecule has 0 spiro atoms. The molecule has 5 heteroatoms. The molecule has 0 saturated carbocycles. The van der Waals surface area contributed by atoms with Crippen LogP contribution in [0.15, 0.2) is 22.1 Å². The molecule has 98 valence electrons. The summed E-state index contributed by atoms with van der Waals surface area (Å²) in [4.78, 5) is 1.38. The number of hydrogen-bond acceptors (Lipinski definition) is 3. The fourth-order valence-corrected chi connectivity index (χ4v) is 3.61.